The number of aromatic nitrogens is 1. The number of carbonyl (C=O) groups excluding carboxylic acids is 2. The molecule has 0 saturated heterocycles. The highest BCUT2D eigenvalue weighted by molar-refractivity contribution is 8.00. The molecule has 1 aromatic heterocycles. The zero-order chi connectivity index (χ0) is 14.4. The Hall–Kier alpha value is -1.87. The lowest BCUT2D eigenvalue weighted by molar-refractivity contribution is -0.124. The maximum absolute atomic E-state index is 11.5. The van der Waals surface area contributed by atoms with Gasteiger partial charge in [0.05, 0.1) is 19.3 Å². The van der Waals surface area contributed by atoms with E-state index < -0.39 is 0 Å². The van der Waals surface area contributed by atoms with Crippen LogP contribution in [-0.2, 0) is 9.59 Å². The van der Waals surface area contributed by atoms with Gasteiger partial charge in [0.25, 0.3) is 0 Å². The van der Waals surface area contributed by atoms with Crippen molar-refractivity contribution in [2.75, 3.05) is 12.9 Å². The van der Waals surface area contributed by atoms with Crippen molar-refractivity contribution in [2.45, 2.75) is 25.3 Å². The summed E-state index contributed by atoms with van der Waals surface area (Å²) in [5, 5.41) is 9.56. The minimum atomic E-state index is -0.177. The molecule has 0 aromatic carbocycles. The normalized spacial score (nSPS) is 9.79. The third-order valence-electron chi connectivity index (χ3n) is 2.23. The molecule has 5 nitrogen and oxygen atoms in total. The quantitative estimate of drug-likeness (QED) is 0.584. The number of thioether (sulfide) groups is 1. The summed E-state index contributed by atoms with van der Waals surface area (Å²) in [6.45, 7) is 3.16. The molecule has 0 bridgehead atoms. The molecule has 0 unspecified atom stereocenters. The molecule has 6 heteroatoms. The number of ether oxygens (including phenoxy) is 1. The second-order valence-corrected chi connectivity index (χ2v) is 4.93. The van der Waals surface area contributed by atoms with Crippen LogP contribution in [0, 0.1) is 18.3 Å². The Morgan fingerprint density at radius 2 is 2.21 bits per heavy atom. The van der Waals surface area contributed by atoms with Crippen LogP contribution in [0.3, 0.4) is 0 Å². The average Bonchev–Trinajstić information content (AvgIpc) is 2.34. The van der Waals surface area contributed by atoms with Gasteiger partial charge in [0, 0.05) is 11.8 Å². The highest BCUT2D eigenvalue weighted by atomic mass is 32.2. The monoisotopic (exact) mass is 278 g/mol. The summed E-state index contributed by atoms with van der Waals surface area (Å²) < 4.78 is 5.11. The van der Waals surface area contributed by atoms with E-state index in [9.17, 15) is 9.59 Å². The van der Waals surface area contributed by atoms with Crippen LogP contribution in [0.2, 0.25) is 0 Å². The van der Waals surface area contributed by atoms with Gasteiger partial charge in [0.2, 0.25) is 0 Å². The molecule has 19 heavy (non-hydrogen) atoms. The average molecular weight is 278 g/mol. The summed E-state index contributed by atoms with van der Waals surface area (Å²) in [5.41, 5.74) is 1.02. The fraction of sp³-hybridized carbons (Fsp3) is 0.385. The van der Waals surface area contributed by atoms with Gasteiger partial charge >= 0.3 is 0 Å². The topological polar surface area (TPSA) is 80.0 Å². The van der Waals surface area contributed by atoms with E-state index in [-0.39, 0.29) is 23.7 Å². The first-order valence-electron chi connectivity index (χ1n) is 5.57. The second kappa shape index (κ2) is 6.90. The van der Waals surface area contributed by atoms with Gasteiger partial charge in [-0.1, -0.05) is 11.8 Å². The van der Waals surface area contributed by atoms with Crippen LogP contribution in [-0.4, -0.2) is 29.4 Å². The Kier molecular flexibility index (Phi) is 5.52. The van der Waals surface area contributed by atoms with Crippen LogP contribution >= 0.6 is 11.8 Å². The molecule has 100 valence electrons. The number of rotatable bonds is 6. The van der Waals surface area contributed by atoms with Crippen molar-refractivity contribution >= 4 is 23.3 Å². The largest absolute Gasteiger partial charge is 0.495 e. The number of aryl methyl sites for hydroxylation is 1. The van der Waals surface area contributed by atoms with Crippen molar-refractivity contribution in [3.8, 4) is 11.8 Å². The van der Waals surface area contributed by atoms with Gasteiger partial charge in [-0.2, -0.15) is 5.26 Å². The molecule has 0 atom stereocenters. The van der Waals surface area contributed by atoms with E-state index in [0.29, 0.717) is 22.0 Å². The number of hydrogen-bond donors (Lipinski definition) is 0. The Bertz CT molecular complexity index is 550. The fourth-order valence-corrected chi connectivity index (χ4v) is 2.36. The van der Waals surface area contributed by atoms with E-state index in [2.05, 4.69) is 4.98 Å². The van der Waals surface area contributed by atoms with E-state index in [1.165, 1.54) is 14.0 Å². The molecule has 0 aliphatic carbocycles. The Labute approximate surface area is 116 Å². The van der Waals surface area contributed by atoms with Crippen molar-refractivity contribution in [2.24, 2.45) is 0 Å². The minimum Gasteiger partial charge on any atom is -0.495 e. The van der Waals surface area contributed by atoms with Crippen LogP contribution in [0.5, 0.6) is 5.75 Å². The van der Waals surface area contributed by atoms with Crippen molar-refractivity contribution in [3.63, 3.8) is 0 Å². The molecule has 0 spiro atoms. The maximum atomic E-state index is 11.5. The number of Topliss-reactive ketones (excluding diaryl/α,β-unsaturated/α-hetero) is 2. The zero-order valence-corrected chi connectivity index (χ0v) is 11.8. The Balaban J connectivity index is 2.89. The molecule has 1 heterocycles. The standard InChI is InChI=1S/C13H14N2O3S/c1-8-4-12(18-3)11(6-14)13(15-8)19-7-10(17)5-9(2)16/h4H,5,7H2,1-3H3. The number of carbonyl (C=O) groups is 2. The van der Waals surface area contributed by atoms with Gasteiger partial charge in [0.15, 0.2) is 0 Å². The lowest BCUT2D eigenvalue weighted by Crippen LogP contribution is -2.07. The number of pyridine rings is 1. The first-order valence-corrected chi connectivity index (χ1v) is 6.56. The van der Waals surface area contributed by atoms with Crippen molar-refractivity contribution in [1.82, 2.24) is 4.98 Å². The molecular weight excluding hydrogens is 264 g/mol. The molecule has 0 saturated carbocycles. The van der Waals surface area contributed by atoms with Gasteiger partial charge in [0.1, 0.15) is 34.0 Å². The van der Waals surface area contributed by atoms with E-state index in [1.54, 1.807) is 13.0 Å². The molecule has 0 radical (unpaired) electrons. The summed E-state index contributed by atoms with van der Waals surface area (Å²) in [7, 11) is 1.48. The van der Waals surface area contributed by atoms with Gasteiger partial charge in [-0.3, -0.25) is 9.59 Å². The van der Waals surface area contributed by atoms with Crippen molar-refractivity contribution in [1.29, 1.82) is 5.26 Å². The summed E-state index contributed by atoms with van der Waals surface area (Å²) in [6, 6.07) is 3.69. The van der Waals surface area contributed by atoms with Crippen LogP contribution < -0.4 is 4.74 Å². The van der Waals surface area contributed by atoms with Crippen LogP contribution in [0.4, 0.5) is 0 Å². The van der Waals surface area contributed by atoms with Crippen LogP contribution in [0.15, 0.2) is 11.1 Å². The third-order valence-corrected chi connectivity index (χ3v) is 3.26. The van der Waals surface area contributed by atoms with Gasteiger partial charge in [-0.15, -0.1) is 0 Å². The number of ketones is 2. The molecule has 0 aliphatic rings. The Morgan fingerprint density at radius 1 is 1.53 bits per heavy atom. The van der Waals surface area contributed by atoms with E-state index >= 15 is 0 Å². The van der Waals surface area contributed by atoms with Gasteiger partial charge < -0.3 is 4.74 Å². The SMILES string of the molecule is COc1cc(C)nc(SCC(=O)CC(C)=O)c1C#N. The Morgan fingerprint density at radius 3 is 2.74 bits per heavy atom. The molecule has 0 fully saturated rings. The number of methoxy groups -OCH3 is 1. The van der Waals surface area contributed by atoms with E-state index in [0.717, 1.165) is 11.8 Å². The maximum Gasteiger partial charge on any atom is 0.150 e. The molecule has 1 aromatic rings. The predicted octanol–water partition coefficient (Wildman–Crippen LogP) is 1.91. The summed E-state index contributed by atoms with van der Waals surface area (Å²) in [4.78, 5) is 26.5. The first-order chi connectivity index (χ1) is 8.97. The van der Waals surface area contributed by atoms with Gasteiger partial charge in [-0.05, 0) is 13.8 Å². The number of hydrogen-bond acceptors (Lipinski definition) is 6. The van der Waals surface area contributed by atoms with Crippen LogP contribution in [0.1, 0.15) is 24.6 Å². The molecule has 0 amide bonds. The molecule has 1 rings (SSSR count). The van der Waals surface area contributed by atoms with E-state index in [4.69, 9.17) is 10.00 Å². The number of nitriles is 1. The number of nitrogens with zero attached hydrogens (tertiary/aromatic N) is 2. The summed E-state index contributed by atoms with van der Waals surface area (Å²) in [5.74, 6) is 0.217. The smallest absolute Gasteiger partial charge is 0.150 e. The highest BCUT2D eigenvalue weighted by Gasteiger charge is 2.14. The third kappa shape index (κ3) is 4.38. The van der Waals surface area contributed by atoms with Crippen molar-refractivity contribution < 1.29 is 14.3 Å². The lowest BCUT2D eigenvalue weighted by atomic mass is 10.2. The predicted molar refractivity (Wildman–Crippen MR) is 71.3 cm³/mol. The zero-order valence-electron chi connectivity index (χ0n) is 11.0. The molecular formula is C13H14N2O3S. The minimum absolute atomic E-state index is 0.0855. The lowest BCUT2D eigenvalue weighted by Gasteiger charge is -2.08. The van der Waals surface area contributed by atoms with Gasteiger partial charge in [-0.25, -0.2) is 4.98 Å². The first kappa shape index (κ1) is 15.2. The highest BCUT2D eigenvalue weighted by Crippen LogP contribution is 2.28. The van der Waals surface area contributed by atoms with Crippen molar-refractivity contribution in [3.05, 3.63) is 17.3 Å². The molecule has 0 aliphatic heterocycles. The van der Waals surface area contributed by atoms with Crippen LogP contribution in [0.25, 0.3) is 0 Å². The fourth-order valence-electron chi connectivity index (χ4n) is 1.46. The second-order valence-electron chi connectivity index (χ2n) is 3.96. The molecule has 0 N–H and O–H groups in total. The summed E-state index contributed by atoms with van der Waals surface area (Å²) in [6.07, 6.45) is -0.0855. The van der Waals surface area contributed by atoms with E-state index in [1.807, 2.05) is 6.07 Å². The summed E-state index contributed by atoms with van der Waals surface area (Å²) >= 11 is 1.15.